The topological polar surface area (TPSA) is 53.4 Å². The molecule has 1 heterocycles. The van der Waals surface area contributed by atoms with Gasteiger partial charge in [-0.1, -0.05) is 69.2 Å². The van der Waals surface area contributed by atoms with Gasteiger partial charge in [0.1, 0.15) is 0 Å². The van der Waals surface area contributed by atoms with E-state index in [9.17, 15) is 10.2 Å². The molecule has 0 spiro atoms. The summed E-state index contributed by atoms with van der Waals surface area (Å²) in [6, 6.07) is 25.5. The summed E-state index contributed by atoms with van der Waals surface area (Å²) < 4.78 is 0. The number of hydrogen-bond donors (Lipinski definition) is 2. The molecule has 2 aromatic carbocycles. The minimum atomic E-state index is -0.250. The van der Waals surface area contributed by atoms with Crippen LogP contribution < -0.4 is 0 Å². The fraction of sp³-hybridized carbons (Fsp3) is 0.433. The molecule has 0 amide bonds. The van der Waals surface area contributed by atoms with Crippen molar-refractivity contribution in [3.8, 4) is 22.4 Å². The first kappa shape index (κ1) is 26.8. The first-order valence-electron chi connectivity index (χ1n) is 12.5. The molecule has 2 saturated carbocycles. The molecule has 34 heavy (non-hydrogen) atoms. The summed E-state index contributed by atoms with van der Waals surface area (Å²) in [6.07, 6.45) is 7.02. The Bertz CT molecular complexity index is 917. The second kappa shape index (κ2) is 12.7. The maximum atomic E-state index is 10.3. The average Bonchev–Trinajstić information content (AvgIpc) is 3.22. The predicted octanol–water partition coefficient (Wildman–Crippen LogP) is 6.40. The molecule has 0 bridgehead atoms. The Morgan fingerprint density at radius 1 is 0.824 bits per heavy atom. The van der Waals surface area contributed by atoms with Gasteiger partial charge in [0.05, 0.1) is 12.2 Å². The van der Waals surface area contributed by atoms with Crippen LogP contribution in [0.2, 0.25) is 0 Å². The van der Waals surface area contributed by atoms with Gasteiger partial charge in [0.15, 0.2) is 0 Å². The molecular weight excluding hydrogens is 599 g/mol. The third-order valence-corrected chi connectivity index (χ3v) is 7.72. The standard InChI is InChI=1S/C17H12N.C13H24O2.Ir/c1-3-7-14(8-4-1)16-11-12-17(18-13-16)15-9-5-2-6-10-15;1-3-8-5-6-10-7-9(4-2)13(15)11(10)12(8)14;/h1-9,11-13H;8-15H,3-7H2,1-2H3;/q-1;;/t;8-,9+,10?,11?,12?,13?;/m.0./s1. The molecule has 2 N–H and O–H groups in total. The Morgan fingerprint density at radius 2 is 1.53 bits per heavy atom. The molecule has 183 valence electrons. The second-order valence-electron chi connectivity index (χ2n) is 9.54. The summed E-state index contributed by atoms with van der Waals surface area (Å²) in [5.41, 5.74) is 4.30. The maximum Gasteiger partial charge on any atom is 0.0623 e. The van der Waals surface area contributed by atoms with E-state index in [2.05, 4.69) is 43.1 Å². The largest absolute Gasteiger partial charge is 0.392 e. The monoisotopic (exact) mass is 635 g/mol. The van der Waals surface area contributed by atoms with Crippen molar-refractivity contribution >= 4 is 0 Å². The number of aromatic nitrogens is 1. The molecule has 1 radical (unpaired) electrons. The first-order chi connectivity index (χ1) is 16.1. The molecule has 0 saturated heterocycles. The van der Waals surface area contributed by atoms with E-state index < -0.39 is 0 Å². The number of aliphatic hydroxyl groups is 2. The van der Waals surface area contributed by atoms with Gasteiger partial charge in [0.2, 0.25) is 0 Å². The van der Waals surface area contributed by atoms with Crippen molar-refractivity contribution in [3.63, 3.8) is 0 Å². The van der Waals surface area contributed by atoms with Crippen molar-refractivity contribution in [1.29, 1.82) is 0 Å². The average molecular weight is 635 g/mol. The maximum absolute atomic E-state index is 10.3. The second-order valence-corrected chi connectivity index (χ2v) is 9.54. The molecule has 2 aliphatic carbocycles. The first-order valence-corrected chi connectivity index (χ1v) is 12.5. The minimum absolute atomic E-state index is 0. The molecule has 1 aromatic heterocycles. The number of benzene rings is 2. The van der Waals surface area contributed by atoms with Crippen LogP contribution in [-0.2, 0) is 20.1 Å². The fourth-order valence-electron chi connectivity index (χ4n) is 5.74. The summed E-state index contributed by atoms with van der Waals surface area (Å²) in [6.45, 7) is 4.29. The molecule has 3 nitrogen and oxygen atoms in total. The normalized spacial score (nSPS) is 27.6. The molecule has 6 atom stereocenters. The Kier molecular flexibility index (Phi) is 10.0. The number of pyridine rings is 1. The molecule has 4 unspecified atom stereocenters. The molecule has 2 aliphatic rings. The Hall–Kier alpha value is -1.84. The van der Waals surface area contributed by atoms with E-state index in [1.807, 2.05) is 54.7 Å². The van der Waals surface area contributed by atoms with E-state index in [0.717, 1.165) is 42.5 Å². The molecule has 5 rings (SSSR count). The smallest absolute Gasteiger partial charge is 0.0623 e. The zero-order valence-corrected chi connectivity index (χ0v) is 22.5. The van der Waals surface area contributed by atoms with E-state index in [4.69, 9.17) is 0 Å². The number of aliphatic hydroxyl groups excluding tert-OH is 2. The Morgan fingerprint density at radius 3 is 2.15 bits per heavy atom. The van der Waals surface area contributed by atoms with Crippen molar-refractivity contribution in [2.75, 3.05) is 0 Å². The van der Waals surface area contributed by atoms with Crippen molar-refractivity contribution in [2.45, 2.75) is 58.2 Å². The molecule has 2 fully saturated rings. The van der Waals surface area contributed by atoms with Crippen LogP contribution in [0.3, 0.4) is 0 Å². The summed E-state index contributed by atoms with van der Waals surface area (Å²) >= 11 is 0. The van der Waals surface area contributed by atoms with Crippen LogP contribution in [-0.4, -0.2) is 27.4 Å². The van der Waals surface area contributed by atoms with Crippen molar-refractivity contribution in [2.24, 2.45) is 23.7 Å². The minimum Gasteiger partial charge on any atom is -0.392 e. The summed E-state index contributed by atoms with van der Waals surface area (Å²) in [5, 5.41) is 20.5. The van der Waals surface area contributed by atoms with Crippen LogP contribution >= 0.6 is 0 Å². The van der Waals surface area contributed by atoms with E-state index >= 15 is 0 Å². The summed E-state index contributed by atoms with van der Waals surface area (Å²) in [7, 11) is 0. The van der Waals surface area contributed by atoms with Gasteiger partial charge in [-0.3, -0.25) is 0 Å². The van der Waals surface area contributed by atoms with Crippen molar-refractivity contribution in [3.05, 3.63) is 79.0 Å². The Labute approximate surface area is 218 Å². The predicted molar refractivity (Wildman–Crippen MR) is 134 cm³/mol. The van der Waals surface area contributed by atoms with Gasteiger partial charge in [-0.25, -0.2) is 0 Å². The summed E-state index contributed by atoms with van der Waals surface area (Å²) in [4.78, 5) is 4.49. The van der Waals surface area contributed by atoms with Crippen LogP contribution in [0.1, 0.15) is 46.0 Å². The van der Waals surface area contributed by atoms with Gasteiger partial charge < -0.3 is 15.2 Å². The quantitative estimate of drug-likeness (QED) is 0.327. The van der Waals surface area contributed by atoms with Crippen LogP contribution in [0.5, 0.6) is 0 Å². The van der Waals surface area contributed by atoms with Crippen LogP contribution in [0.15, 0.2) is 72.9 Å². The van der Waals surface area contributed by atoms with Gasteiger partial charge in [0.25, 0.3) is 0 Å². The van der Waals surface area contributed by atoms with Gasteiger partial charge in [-0.05, 0) is 53.8 Å². The third kappa shape index (κ3) is 6.04. The molecule has 0 aliphatic heterocycles. The van der Waals surface area contributed by atoms with Gasteiger partial charge in [-0.15, -0.1) is 35.9 Å². The number of fused-ring (bicyclic) bond motifs is 1. The zero-order chi connectivity index (χ0) is 23.2. The van der Waals surface area contributed by atoms with E-state index in [1.54, 1.807) is 0 Å². The van der Waals surface area contributed by atoms with Crippen LogP contribution in [0.4, 0.5) is 0 Å². The van der Waals surface area contributed by atoms with E-state index in [0.29, 0.717) is 17.8 Å². The van der Waals surface area contributed by atoms with Gasteiger partial charge in [-0.2, -0.15) is 0 Å². The van der Waals surface area contributed by atoms with Gasteiger partial charge >= 0.3 is 0 Å². The van der Waals surface area contributed by atoms with Crippen LogP contribution in [0.25, 0.3) is 22.4 Å². The number of nitrogens with zero attached hydrogens (tertiary/aromatic N) is 1. The number of hydrogen-bond acceptors (Lipinski definition) is 3. The van der Waals surface area contributed by atoms with E-state index in [1.165, 1.54) is 12.0 Å². The van der Waals surface area contributed by atoms with Crippen molar-refractivity contribution in [1.82, 2.24) is 4.98 Å². The summed E-state index contributed by atoms with van der Waals surface area (Å²) in [5.74, 6) is 1.62. The van der Waals surface area contributed by atoms with Gasteiger partial charge in [0, 0.05) is 32.2 Å². The SMILES string of the molecule is CC[C@@H]1CC2CC[C@H](CC)C(O)C2C1O.[Ir].[c-]1ccccc1-c1ccc(-c2ccccc2)cn1. The molecule has 4 heteroatoms. The third-order valence-electron chi connectivity index (χ3n) is 7.72. The molecule has 3 aromatic rings. The van der Waals surface area contributed by atoms with Crippen LogP contribution in [0, 0.1) is 29.7 Å². The number of rotatable bonds is 4. The molecular formula is C30H36IrNO2-. The van der Waals surface area contributed by atoms with Crippen molar-refractivity contribution < 1.29 is 30.3 Å². The fourth-order valence-corrected chi connectivity index (χ4v) is 5.74. The van der Waals surface area contributed by atoms with E-state index in [-0.39, 0.29) is 38.2 Å². The zero-order valence-electron chi connectivity index (χ0n) is 20.1. The Balaban J connectivity index is 0.000000188.